The second-order valence-corrected chi connectivity index (χ2v) is 4.42. The molecule has 0 spiro atoms. The highest BCUT2D eigenvalue weighted by atomic mass is 32.2. The lowest BCUT2D eigenvalue weighted by Crippen LogP contribution is -2.14. The van der Waals surface area contributed by atoms with Crippen LogP contribution in [0.15, 0.2) is 18.6 Å². The van der Waals surface area contributed by atoms with Gasteiger partial charge in [-0.25, -0.2) is 9.97 Å². The largest absolute Gasteiger partial charge is 0.299 e. The Labute approximate surface area is 76.0 Å². The van der Waals surface area contributed by atoms with Crippen LogP contribution in [0.3, 0.4) is 0 Å². The summed E-state index contributed by atoms with van der Waals surface area (Å²) in [5.41, 5.74) is 1.08. The molecule has 2 atom stereocenters. The molecule has 1 N–H and O–H groups in total. The van der Waals surface area contributed by atoms with Gasteiger partial charge < -0.3 is 0 Å². The Bertz CT molecular complexity index is 252. The van der Waals surface area contributed by atoms with Gasteiger partial charge in [-0.2, -0.15) is 0 Å². The molecule has 1 fully saturated rings. The lowest BCUT2D eigenvalue weighted by Gasteiger charge is -2.07. The molecule has 64 valence electrons. The van der Waals surface area contributed by atoms with Crippen LogP contribution in [0.25, 0.3) is 0 Å². The molecule has 2 heterocycles. The normalized spacial score (nSPS) is 29.1. The molecule has 0 radical (unpaired) electrons. The molecule has 1 aromatic heterocycles. The predicted molar refractivity (Wildman–Crippen MR) is 49.8 cm³/mol. The highest BCUT2D eigenvalue weighted by Gasteiger charge is 2.23. The molecule has 1 aromatic rings. The van der Waals surface area contributed by atoms with Gasteiger partial charge in [-0.05, 0) is 6.07 Å². The third kappa shape index (κ3) is 1.59. The van der Waals surface area contributed by atoms with Crippen LogP contribution < -0.4 is 5.32 Å². The molecular weight excluding hydrogens is 170 g/mol. The van der Waals surface area contributed by atoms with Crippen molar-refractivity contribution in [2.75, 3.05) is 6.54 Å². The Balaban J connectivity index is 2.11. The number of rotatable bonds is 1. The van der Waals surface area contributed by atoms with E-state index in [0.717, 1.165) is 12.2 Å². The lowest BCUT2D eigenvalue weighted by atomic mass is 10.4. The summed E-state index contributed by atoms with van der Waals surface area (Å²) in [6.45, 7) is 3.29. The van der Waals surface area contributed by atoms with Crippen LogP contribution in [0.5, 0.6) is 0 Å². The quantitative estimate of drug-likeness (QED) is 0.706. The molecule has 3 nitrogen and oxygen atoms in total. The van der Waals surface area contributed by atoms with E-state index in [1.165, 1.54) is 0 Å². The average molecular weight is 181 g/mol. The first-order valence-corrected chi connectivity index (χ1v) is 4.95. The zero-order valence-electron chi connectivity index (χ0n) is 6.90. The van der Waals surface area contributed by atoms with Gasteiger partial charge in [0.15, 0.2) is 0 Å². The molecule has 1 saturated heterocycles. The maximum absolute atomic E-state index is 4.20. The van der Waals surface area contributed by atoms with Crippen molar-refractivity contribution in [3.8, 4) is 0 Å². The van der Waals surface area contributed by atoms with Crippen molar-refractivity contribution in [3.05, 3.63) is 24.3 Å². The van der Waals surface area contributed by atoms with Crippen molar-refractivity contribution in [2.24, 2.45) is 0 Å². The van der Waals surface area contributed by atoms with Crippen molar-refractivity contribution in [1.29, 1.82) is 0 Å². The van der Waals surface area contributed by atoms with E-state index in [0.29, 0.717) is 10.6 Å². The van der Waals surface area contributed by atoms with Crippen molar-refractivity contribution in [1.82, 2.24) is 15.3 Å². The Morgan fingerprint density at radius 1 is 1.67 bits per heavy atom. The summed E-state index contributed by atoms with van der Waals surface area (Å²) in [6.07, 6.45) is 3.38. The molecule has 0 aromatic carbocycles. The summed E-state index contributed by atoms with van der Waals surface area (Å²) >= 11 is 1.92. The van der Waals surface area contributed by atoms with E-state index in [4.69, 9.17) is 0 Å². The number of hydrogen-bond acceptors (Lipinski definition) is 4. The van der Waals surface area contributed by atoms with Crippen molar-refractivity contribution >= 4 is 11.8 Å². The van der Waals surface area contributed by atoms with Gasteiger partial charge in [0.1, 0.15) is 6.33 Å². The van der Waals surface area contributed by atoms with Gasteiger partial charge in [-0.15, -0.1) is 11.8 Å². The summed E-state index contributed by atoms with van der Waals surface area (Å²) in [7, 11) is 0. The van der Waals surface area contributed by atoms with E-state index in [9.17, 15) is 0 Å². The fraction of sp³-hybridized carbons (Fsp3) is 0.500. The zero-order chi connectivity index (χ0) is 8.39. The van der Waals surface area contributed by atoms with Gasteiger partial charge in [-0.1, -0.05) is 6.92 Å². The minimum atomic E-state index is 0.364. The molecule has 12 heavy (non-hydrogen) atoms. The number of hydrogen-bond donors (Lipinski definition) is 1. The molecule has 2 rings (SSSR count). The van der Waals surface area contributed by atoms with Gasteiger partial charge in [0.05, 0.1) is 11.1 Å². The molecule has 0 amide bonds. The molecule has 0 bridgehead atoms. The van der Waals surface area contributed by atoms with Crippen LogP contribution in [0, 0.1) is 0 Å². The summed E-state index contributed by atoms with van der Waals surface area (Å²) in [5, 5.41) is 4.44. The van der Waals surface area contributed by atoms with Crippen molar-refractivity contribution < 1.29 is 0 Å². The Hall–Kier alpha value is -0.610. The van der Waals surface area contributed by atoms with Gasteiger partial charge >= 0.3 is 0 Å². The van der Waals surface area contributed by atoms with E-state index >= 15 is 0 Å². The third-order valence-corrected chi connectivity index (χ3v) is 3.14. The first kappa shape index (κ1) is 8.01. The summed E-state index contributed by atoms with van der Waals surface area (Å²) in [6, 6.07) is 1.96. The van der Waals surface area contributed by atoms with Crippen molar-refractivity contribution in [2.45, 2.75) is 17.5 Å². The Morgan fingerprint density at radius 3 is 3.17 bits per heavy atom. The highest BCUT2D eigenvalue weighted by molar-refractivity contribution is 8.00. The molecule has 2 unspecified atom stereocenters. The zero-order valence-corrected chi connectivity index (χ0v) is 7.71. The first-order valence-electron chi connectivity index (χ1n) is 4.01. The van der Waals surface area contributed by atoms with Gasteiger partial charge in [-0.3, -0.25) is 5.32 Å². The standard InChI is InChI=1S/C8H11N3S/c1-6-4-10-8(12-6)7-2-3-9-5-11-7/h2-3,5-6,8,10H,4H2,1H3. The van der Waals surface area contributed by atoms with E-state index in [1.807, 2.05) is 17.8 Å². The fourth-order valence-corrected chi connectivity index (χ4v) is 2.36. The Kier molecular flexibility index (Phi) is 2.28. The number of nitrogens with zero attached hydrogens (tertiary/aromatic N) is 2. The van der Waals surface area contributed by atoms with Crippen LogP contribution in [-0.2, 0) is 0 Å². The van der Waals surface area contributed by atoms with Crippen LogP contribution in [0.4, 0.5) is 0 Å². The smallest absolute Gasteiger partial charge is 0.115 e. The summed E-state index contributed by atoms with van der Waals surface area (Å²) in [5.74, 6) is 0. The molecule has 1 aliphatic rings. The first-order chi connectivity index (χ1) is 5.86. The fourth-order valence-electron chi connectivity index (χ4n) is 1.23. The SMILES string of the molecule is CC1CNC(c2ccncn2)S1. The molecular formula is C8H11N3S. The number of nitrogens with one attached hydrogen (secondary N) is 1. The molecule has 4 heteroatoms. The third-order valence-electron chi connectivity index (χ3n) is 1.83. The topological polar surface area (TPSA) is 37.8 Å². The minimum Gasteiger partial charge on any atom is -0.299 e. The van der Waals surface area contributed by atoms with Gasteiger partial charge in [0, 0.05) is 18.0 Å². The maximum Gasteiger partial charge on any atom is 0.115 e. The summed E-state index contributed by atoms with van der Waals surface area (Å²) in [4.78, 5) is 8.09. The van der Waals surface area contributed by atoms with Crippen LogP contribution in [-0.4, -0.2) is 21.8 Å². The number of aromatic nitrogens is 2. The van der Waals surface area contributed by atoms with Gasteiger partial charge in [0.2, 0.25) is 0 Å². The van der Waals surface area contributed by atoms with E-state index in [2.05, 4.69) is 22.2 Å². The van der Waals surface area contributed by atoms with Crippen LogP contribution >= 0.6 is 11.8 Å². The summed E-state index contributed by atoms with van der Waals surface area (Å²) < 4.78 is 0. The van der Waals surface area contributed by atoms with Crippen LogP contribution in [0.1, 0.15) is 18.0 Å². The van der Waals surface area contributed by atoms with Crippen LogP contribution in [0.2, 0.25) is 0 Å². The second kappa shape index (κ2) is 3.41. The molecule has 0 aliphatic carbocycles. The second-order valence-electron chi connectivity index (χ2n) is 2.87. The average Bonchev–Trinajstić information content (AvgIpc) is 2.54. The van der Waals surface area contributed by atoms with E-state index in [-0.39, 0.29) is 0 Å². The maximum atomic E-state index is 4.20. The highest BCUT2D eigenvalue weighted by Crippen LogP contribution is 2.32. The Morgan fingerprint density at radius 2 is 2.58 bits per heavy atom. The van der Waals surface area contributed by atoms with Gasteiger partial charge in [0.25, 0.3) is 0 Å². The molecule has 0 saturated carbocycles. The monoisotopic (exact) mass is 181 g/mol. The molecule has 1 aliphatic heterocycles. The predicted octanol–water partition coefficient (Wildman–Crippen LogP) is 1.20. The van der Waals surface area contributed by atoms with E-state index in [1.54, 1.807) is 12.5 Å². The number of thioether (sulfide) groups is 1. The van der Waals surface area contributed by atoms with E-state index < -0.39 is 0 Å². The van der Waals surface area contributed by atoms with Crippen molar-refractivity contribution in [3.63, 3.8) is 0 Å². The lowest BCUT2D eigenvalue weighted by molar-refractivity contribution is 0.701. The minimum absolute atomic E-state index is 0.364.